The van der Waals surface area contributed by atoms with Crippen LogP contribution in [0.1, 0.15) is 29.5 Å². The van der Waals surface area contributed by atoms with Crippen molar-refractivity contribution in [3.05, 3.63) is 80.6 Å². The Morgan fingerprint density at radius 2 is 1.85 bits per heavy atom. The smallest absolute Gasteiger partial charge is 0.267 e. The van der Waals surface area contributed by atoms with Crippen molar-refractivity contribution in [2.75, 3.05) is 25.0 Å². The summed E-state index contributed by atoms with van der Waals surface area (Å²) in [5.74, 6) is 1.07. The van der Waals surface area contributed by atoms with Crippen molar-refractivity contribution in [1.82, 2.24) is 14.3 Å². The number of rotatable bonds is 4. The molecule has 174 valence electrons. The van der Waals surface area contributed by atoms with Gasteiger partial charge in [-0.1, -0.05) is 60.4 Å². The summed E-state index contributed by atoms with van der Waals surface area (Å²) in [5, 5.41) is 0. The monoisotopic (exact) mass is 490 g/mol. The van der Waals surface area contributed by atoms with E-state index >= 15 is 0 Å². The van der Waals surface area contributed by atoms with E-state index in [9.17, 15) is 9.59 Å². The topological polar surface area (TPSA) is 57.9 Å². The third-order valence-corrected chi connectivity index (χ3v) is 8.09. The molecule has 0 radical (unpaired) electrons. The van der Waals surface area contributed by atoms with Crippen LogP contribution in [0, 0.1) is 12.8 Å². The number of carbonyl (C=O) groups is 1. The number of carbonyl (C=O) groups excluding carboxylic acids is 1. The number of piperidine rings is 1. The van der Waals surface area contributed by atoms with Gasteiger partial charge in [0, 0.05) is 26.3 Å². The van der Waals surface area contributed by atoms with E-state index in [0.717, 1.165) is 37.9 Å². The highest BCUT2D eigenvalue weighted by Gasteiger charge is 2.31. The first-order chi connectivity index (χ1) is 16.4. The maximum absolute atomic E-state index is 13.6. The summed E-state index contributed by atoms with van der Waals surface area (Å²) in [5.41, 5.74) is 3.22. The number of thioether (sulfide) groups is 1. The van der Waals surface area contributed by atoms with Crippen molar-refractivity contribution in [2.24, 2.45) is 5.92 Å². The molecule has 1 amide bonds. The van der Waals surface area contributed by atoms with Crippen LogP contribution < -0.4 is 10.5 Å². The largest absolute Gasteiger partial charge is 0.356 e. The number of hydrogen-bond donors (Lipinski definition) is 0. The number of fused-ring (bicyclic) bond motifs is 1. The molecule has 0 aliphatic carbocycles. The second-order valence-corrected chi connectivity index (χ2v) is 10.6. The first-order valence-electron chi connectivity index (χ1n) is 11.4. The van der Waals surface area contributed by atoms with Crippen LogP contribution >= 0.6 is 24.0 Å². The summed E-state index contributed by atoms with van der Waals surface area (Å²) in [7, 11) is 1.66. The van der Waals surface area contributed by atoms with Crippen LogP contribution in [-0.2, 0) is 11.2 Å². The number of aryl methyl sites for hydroxylation is 1. The molecular weight excluding hydrogens is 464 g/mol. The molecular formula is C26H26N4O2S2. The molecule has 2 saturated heterocycles. The average molecular weight is 491 g/mol. The predicted molar refractivity (Wildman–Crippen MR) is 142 cm³/mol. The Bertz CT molecular complexity index is 1360. The number of thiocarbonyl (C=S) groups is 1. The summed E-state index contributed by atoms with van der Waals surface area (Å²) in [4.78, 5) is 35.3. The molecule has 2 aliphatic heterocycles. The summed E-state index contributed by atoms with van der Waals surface area (Å²) >= 11 is 6.51. The summed E-state index contributed by atoms with van der Waals surface area (Å²) < 4.78 is 2.06. The van der Waals surface area contributed by atoms with Crippen LogP contribution in [-0.4, -0.2) is 44.6 Å². The zero-order chi connectivity index (χ0) is 23.8. The van der Waals surface area contributed by atoms with Gasteiger partial charge in [-0.15, -0.1) is 0 Å². The highest BCUT2D eigenvalue weighted by molar-refractivity contribution is 8.26. The lowest BCUT2D eigenvalue weighted by molar-refractivity contribution is -0.121. The van der Waals surface area contributed by atoms with Crippen LogP contribution in [0.15, 0.2) is 58.4 Å². The molecule has 4 heterocycles. The van der Waals surface area contributed by atoms with Gasteiger partial charge in [0.2, 0.25) is 0 Å². The number of benzene rings is 1. The molecule has 0 saturated carbocycles. The van der Waals surface area contributed by atoms with Gasteiger partial charge >= 0.3 is 0 Å². The quantitative estimate of drug-likeness (QED) is 0.402. The number of aromatic nitrogens is 2. The number of nitrogens with zero attached hydrogens (tertiary/aromatic N) is 4. The molecule has 2 aliphatic rings. The van der Waals surface area contributed by atoms with E-state index in [0.29, 0.717) is 32.2 Å². The minimum absolute atomic E-state index is 0.170. The van der Waals surface area contributed by atoms with Gasteiger partial charge in [0.05, 0.1) is 10.5 Å². The molecule has 2 aromatic heterocycles. The van der Waals surface area contributed by atoms with Gasteiger partial charge < -0.3 is 4.90 Å². The summed E-state index contributed by atoms with van der Waals surface area (Å²) in [6.07, 6.45) is 6.53. The van der Waals surface area contributed by atoms with Crippen LogP contribution in [0.3, 0.4) is 0 Å². The maximum atomic E-state index is 13.6. The van der Waals surface area contributed by atoms with E-state index in [1.165, 1.54) is 22.2 Å². The van der Waals surface area contributed by atoms with E-state index in [1.54, 1.807) is 23.7 Å². The Kier molecular flexibility index (Phi) is 6.27. The van der Waals surface area contributed by atoms with Crippen LogP contribution in [0.5, 0.6) is 0 Å². The van der Waals surface area contributed by atoms with Crippen molar-refractivity contribution in [2.45, 2.75) is 26.2 Å². The summed E-state index contributed by atoms with van der Waals surface area (Å²) in [6.45, 7) is 3.60. The van der Waals surface area contributed by atoms with Gasteiger partial charge in [-0.25, -0.2) is 4.98 Å². The standard InChI is InChI=1S/C26H26N4O2S2/c1-17-7-6-12-30-22(17)27-23(20(24(30)31)16-21-25(32)28(2)26(33)34-21)29-13-10-19(11-14-29)15-18-8-4-3-5-9-18/h3-9,12,16,19H,10-11,13-15H2,1-2H3. The van der Waals surface area contributed by atoms with E-state index in [-0.39, 0.29) is 11.5 Å². The molecule has 1 aromatic carbocycles. The van der Waals surface area contributed by atoms with Gasteiger partial charge in [0.15, 0.2) is 0 Å². The summed E-state index contributed by atoms with van der Waals surface area (Å²) in [6, 6.07) is 14.4. The molecule has 0 bridgehead atoms. The van der Waals surface area contributed by atoms with Crippen LogP contribution in [0.2, 0.25) is 0 Å². The van der Waals surface area contributed by atoms with Crippen molar-refractivity contribution in [3.63, 3.8) is 0 Å². The molecule has 0 N–H and O–H groups in total. The molecule has 0 atom stereocenters. The fourth-order valence-corrected chi connectivity index (χ4v) is 5.80. The lowest BCUT2D eigenvalue weighted by Gasteiger charge is -2.33. The molecule has 6 nitrogen and oxygen atoms in total. The lowest BCUT2D eigenvalue weighted by atomic mass is 9.90. The first kappa shape index (κ1) is 22.8. The average Bonchev–Trinajstić information content (AvgIpc) is 3.09. The third-order valence-electron chi connectivity index (χ3n) is 6.61. The fourth-order valence-electron chi connectivity index (χ4n) is 4.64. The number of anilines is 1. The van der Waals surface area contributed by atoms with Gasteiger partial charge in [-0.3, -0.25) is 18.9 Å². The van der Waals surface area contributed by atoms with Crippen LogP contribution in [0.4, 0.5) is 5.82 Å². The van der Waals surface area contributed by atoms with E-state index in [1.807, 2.05) is 25.1 Å². The van der Waals surface area contributed by atoms with Crippen molar-refractivity contribution < 1.29 is 4.79 Å². The number of likely N-dealkylation sites (N-methyl/N-ethyl adjacent to an activating group) is 1. The minimum Gasteiger partial charge on any atom is -0.356 e. The van der Waals surface area contributed by atoms with Crippen molar-refractivity contribution in [1.29, 1.82) is 0 Å². The number of hydrogen-bond acceptors (Lipinski definition) is 6. The zero-order valence-corrected chi connectivity index (χ0v) is 20.9. The highest BCUT2D eigenvalue weighted by atomic mass is 32.2. The Hall–Kier alpha value is -2.97. The Balaban J connectivity index is 1.51. The molecule has 8 heteroatoms. The molecule has 34 heavy (non-hydrogen) atoms. The minimum atomic E-state index is -0.184. The first-order valence-corrected chi connectivity index (χ1v) is 12.7. The molecule has 2 fully saturated rings. The van der Waals surface area contributed by atoms with E-state index < -0.39 is 0 Å². The molecule has 5 rings (SSSR count). The van der Waals surface area contributed by atoms with E-state index in [4.69, 9.17) is 17.2 Å². The normalized spacial score (nSPS) is 18.5. The third kappa shape index (κ3) is 4.28. The zero-order valence-electron chi connectivity index (χ0n) is 19.2. The van der Waals surface area contributed by atoms with Crippen LogP contribution in [0.25, 0.3) is 11.7 Å². The molecule has 0 spiro atoms. The number of pyridine rings is 1. The van der Waals surface area contributed by atoms with Crippen molar-refractivity contribution in [3.8, 4) is 0 Å². The number of amides is 1. The second kappa shape index (κ2) is 9.35. The van der Waals surface area contributed by atoms with Gasteiger partial charge in [0.1, 0.15) is 15.8 Å². The van der Waals surface area contributed by atoms with Gasteiger partial charge in [-0.2, -0.15) is 0 Å². The fraction of sp³-hybridized carbons (Fsp3) is 0.308. The Morgan fingerprint density at radius 3 is 2.53 bits per heavy atom. The van der Waals surface area contributed by atoms with Gasteiger partial charge in [-0.05, 0) is 55.4 Å². The SMILES string of the molecule is Cc1cccn2c(=O)c(C=C3SC(=S)N(C)C3=O)c(N3CCC(Cc4ccccc4)CC3)nc12. The Labute approximate surface area is 208 Å². The second-order valence-electron chi connectivity index (χ2n) is 8.90. The maximum Gasteiger partial charge on any atom is 0.267 e. The molecule has 3 aromatic rings. The highest BCUT2D eigenvalue weighted by Crippen LogP contribution is 2.33. The van der Waals surface area contributed by atoms with E-state index in [2.05, 4.69) is 29.2 Å². The predicted octanol–water partition coefficient (Wildman–Crippen LogP) is 4.29. The Morgan fingerprint density at radius 1 is 1.12 bits per heavy atom. The van der Waals surface area contributed by atoms with Crippen molar-refractivity contribution >= 4 is 51.7 Å². The lowest BCUT2D eigenvalue weighted by Crippen LogP contribution is -2.37. The molecule has 0 unspecified atom stereocenters. The van der Waals surface area contributed by atoms with Gasteiger partial charge in [0.25, 0.3) is 11.5 Å².